The van der Waals surface area contributed by atoms with Crippen LogP contribution in [0.4, 0.5) is 0 Å². The lowest BCUT2D eigenvalue weighted by atomic mass is 9.90. The Morgan fingerprint density at radius 3 is 2.60 bits per heavy atom. The second-order valence-electron chi connectivity index (χ2n) is 6.88. The second-order valence-corrected chi connectivity index (χ2v) is 6.88. The van der Waals surface area contributed by atoms with Crippen LogP contribution in [0.1, 0.15) is 58.3 Å². The van der Waals surface area contributed by atoms with E-state index in [4.69, 9.17) is 0 Å². The van der Waals surface area contributed by atoms with Crippen LogP contribution in [0.3, 0.4) is 0 Å². The minimum Gasteiger partial charge on any atom is -0.352 e. The van der Waals surface area contributed by atoms with Crippen LogP contribution in [0.25, 0.3) is 0 Å². The van der Waals surface area contributed by atoms with Gasteiger partial charge in [-0.1, -0.05) is 13.3 Å². The minimum atomic E-state index is -0.262. The topological polar surface area (TPSA) is 44.4 Å². The number of hydrogen-bond donors (Lipinski definition) is 2. The first-order valence-corrected chi connectivity index (χ1v) is 8.53. The molecule has 20 heavy (non-hydrogen) atoms. The highest BCUT2D eigenvalue weighted by Gasteiger charge is 2.41. The van der Waals surface area contributed by atoms with Crippen LogP contribution >= 0.6 is 0 Å². The van der Waals surface area contributed by atoms with Gasteiger partial charge in [0, 0.05) is 25.2 Å². The molecule has 2 saturated heterocycles. The number of rotatable bonds is 5. The maximum absolute atomic E-state index is 12.7. The molecule has 4 nitrogen and oxygen atoms in total. The Balaban J connectivity index is 1.50. The summed E-state index contributed by atoms with van der Waals surface area (Å²) in [4.78, 5) is 15.3. The predicted octanol–water partition coefficient (Wildman–Crippen LogP) is 1.65. The number of likely N-dealkylation sites (tertiary alicyclic amines) is 1. The highest BCUT2D eigenvalue weighted by molar-refractivity contribution is 5.87. The Morgan fingerprint density at radius 2 is 2.05 bits per heavy atom. The van der Waals surface area contributed by atoms with Crippen molar-refractivity contribution in [3.05, 3.63) is 0 Å². The van der Waals surface area contributed by atoms with Crippen molar-refractivity contribution in [1.29, 1.82) is 0 Å². The smallest absolute Gasteiger partial charge is 0.240 e. The lowest BCUT2D eigenvalue weighted by molar-refractivity contribution is -0.128. The fourth-order valence-corrected chi connectivity index (χ4v) is 3.93. The molecule has 0 radical (unpaired) electrons. The van der Waals surface area contributed by atoms with E-state index in [1.165, 1.54) is 25.9 Å². The molecular formula is C16H29N3O. The van der Waals surface area contributed by atoms with Gasteiger partial charge in [0.1, 0.15) is 0 Å². The summed E-state index contributed by atoms with van der Waals surface area (Å²) >= 11 is 0. The molecule has 1 amide bonds. The van der Waals surface area contributed by atoms with E-state index < -0.39 is 0 Å². The number of piperidine rings is 1. The van der Waals surface area contributed by atoms with Gasteiger partial charge in [-0.3, -0.25) is 4.79 Å². The summed E-state index contributed by atoms with van der Waals surface area (Å²) in [5, 5.41) is 6.81. The van der Waals surface area contributed by atoms with Crippen molar-refractivity contribution in [2.75, 3.05) is 19.6 Å². The number of nitrogens with zero attached hydrogens (tertiary/aromatic N) is 1. The predicted molar refractivity (Wildman–Crippen MR) is 80.6 cm³/mol. The van der Waals surface area contributed by atoms with Gasteiger partial charge in [-0.2, -0.15) is 0 Å². The second kappa shape index (κ2) is 6.02. The van der Waals surface area contributed by atoms with Gasteiger partial charge in [-0.15, -0.1) is 0 Å². The van der Waals surface area contributed by atoms with E-state index in [0.717, 1.165) is 51.1 Å². The van der Waals surface area contributed by atoms with E-state index in [9.17, 15) is 4.79 Å². The Bertz CT molecular complexity index is 340. The van der Waals surface area contributed by atoms with Crippen LogP contribution < -0.4 is 10.6 Å². The number of carbonyl (C=O) groups excluding carboxylic acids is 1. The highest BCUT2D eigenvalue weighted by atomic mass is 16.2. The van der Waals surface area contributed by atoms with Gasteiger partial charge in [0.2, 0.25) is 5.91 Å². The number of nitrogens with one attached hydrogen (secondary N) is 2. The monoisotopic (exact) mass is 279 g/mol. The maximum Gasteiger partial charge on any atom is 0.240 e. The van der Waals surface area contributed by atoms with E-state index in [0.29, 0.717) is 6.04 Å². The molecule has 4 heteroatoms. The van der Waals surface area contributed by atoms with Crippen LogP contribution in [0.15, 0.2) is 0 Å². The molecule has 0 aromatic carbocycles. The Morgan fingerprint density at radius 1 is 1.30 bits per heavy atom. The molecule has 3 fully saturated rings. The fraction of sp³-hybridized carbons (Fsp3) is 0.938. The largest absolute Gasteiger partial charge is 0.352 e. The lowest BCUT2D eigenvalue weighted by Gasteiger charge is -2.35. The van der Waals surface area contributed by atoms with Gasteiger partial charge >= 0.3 is 0 Å². The molecule has 0 aromatic heterocycles. The van der Waals surface area contributed by atoms with E-state index in [2.05, 4.69) is 22.5 Å². The third-order valence-electron chi connectivity index (χ3n) is 5.28. The van der Waals surface area contributed by atoms with Crippen molar-refractivity contribution in [3.63, 3.8) is 0 Å². The van der Waals surface area contributed by atoms with Crippen molar-refractivity contribution >= 4 is 5.91 Å². The van der Waals surface area contributed by atoms with Crippen LogP contribution in [-0.4, -0.2) is 48.1 Å². The lowest BCUT2D eigenvalue weighted by Crippen LogP contribution is -2.57. The molecule has 114 valence electrons. The third kappa shape index (κ3) is 3.01. The molecule has 3 rings (SSSR count). The molecule has 2 heterocycles. The summed E-state index contributed by atoms with van der Waals surface area (Å²) in [6, 6.07) is 1.27. The zero-order chi connectivity index (χ0) is 14.0. The number of hydrogen-bond acceptors (Lipinski definition) is 3. The van der Waals surface area contributed by atoms with Crippen molar-refractivity contribution in [3.8, 4) is 0 Å². The molecule has 0 spiro atoms. The normalized spacial score (nSPS) is 32.5. The van der Waals surface area contributed by atoms with Crippen LogP contribution in [0, 0.1) is 0 Å². The Labute approximate surface area is 122 Å². The molecule has 0 aromatic rings. The van der Waals surface area contributed by atoms with Gasteiger partial charge in [0.05, 0.1) is 5.54 Å². The fourth-order valence-electron chi connectivity index (χ4n) is 3.93. The van der Waals surface area contributed by atoms with Gasteiger partial charge in [0.25, 0.3) is 0 Å². The Hall–Kier alpha value is -0.610. The summed E-state index contributed by atoms with van der Waals surface area (Å²) < 4.78 is 0. The standard InChI is InChI=1S/C16H29N3O/c1-2-8-16(9-3-10-17-16)15(20)18-13-6-11-19(12-7-13)14-4-5-14/h13-14,17H,2-12H2,1H3,(H,18,20). The first-order valence-electron chi connectivity index (χ1n) is 8.53. The van der Waals surface area contributed by atoms with Gasteiger partial charge in [0.15, 0.2) is 0 Å². The zero-order valence-electron chi connectivity index (χ0n) is 12.8. The first-order chi connectivity index (χ1) is 9.73. The van der Waals surface area contributed by atoms with Gasteiger partial charge < -0.3 is 15.5 Å². The van der Waals surface area contributed by atoms with Crippen LogP contribution in [0.2, 0.25) is 0 Å². The Kier molecular flexibility index (Phi) is 4.32. The van der Waals surface area contributed by atoms with Crippen molar-refractivity contribution in [1.82, 2.24) is 15.5 Å². The highest BCUT2D eigenvalue weighted by Crippen LogP contribution is 2.30. The minimum absolute atomic E-state index is 0.262. The summed E-state index contributed by atoms with van der Waals surface area (Å²) in [7, 11) is 0. The summed E-state index contributed by atoms with van der Waals surface area (Å²) in [5.41, 5.74) is -0.262. The average Bonchev–Trinajstić information content (AvgIpc) is 3.20. The summed E-state index contributed by atoms with van der Waals surface area (Å²) in [6.45, 7) is 5.50. The van der Waals surface area contributed by atoms with Crippen molar-refractivity contribution < 1.29 is 4.79 Å². The summed E-state index contributed by atoms with van der Waals surface area (Å²) in [5.74, 6) is 0.265. The molecule has 1 saturated carbocycles. The molecule has 1 unspecified atom stereocenters. The van der Waals surface area contributed by atoms with Gasteiger partial charge in [-0.25, -0.2) is 0 Å². The third-order valence-corrected chi connectivity index (χ3v) is 5.28. The van der Waals surface area contributed by atoms with E-state index in [-0.39, 0.29) is 11.4 Å². The van der Waals surface area contributed by atoms with Gasteiger partial charge in [-0.05, 0) is 51.5 Å². The van der Waals surface area contributed by atoms with Crippen LogP contribution in [-0.2, 0) is 4.79 Å². The molecule has 1 atom stereocenters. The zero-order valence-corrected chi connectivity index (χ0v) is 12.8. The van der Waals surface area contributed by atoms with E-state index >= 15 is 0 Å². The molecule has 3 aliphatic rings. The SMILES string of the molecule is CCCC1(C(=O)NC2CCN(C3CC3)CC2)CCCN1. The van der Waals surface area contributed by atoms with Crippen molar-refractivity contribution in [2.24, 2.45) is 0 Å². The average molecular weight is 279 g/mol. The van der Waals surface area contributed by atoms with Crippen LogP contribution in [0.5, 0.6) is 0 Å². The number of amides is 1. The molecule has 2 aliphatic heterocycles. The van der Waals surface area contributed by atoms with E-state index in [1.54, 1.807) is 0 Å². The molecule has 2 N–H and O–H groups in total. The molecular weight excluding hydrogens is 250 g/mol. The first kappa shape index (κ1) is 14.3. The quantitative estimate of drug-likeness (QED) is 0.804. The summed E-state index contributed by atoms with van der Waals surface area (Å²) in [6.07, 6.45) is 9.22. The van der Waals surface area contributed by atoms with E-state index in [1.807, 2.05) is 0 Å². The number of carbonyl (C=O) groups is 1. The maximum atomic E-state index is 12.7. The molecule has 0 bridgehead atoms. The van der Waals surface area contributed by atoms with Crippen molar-refractivity contribution in [2.45, 2.75) is 75.9 Å². The molecule has 1 aliphatic carbocycles.